The van der Waals surface area contributed by atoms with Crippen LogP contribution in [0, 0.1) is 11.3 Å². The summed E-state index contributed by atoms with van der Waals surface area (Å²) < 4.78 is 0. The fourth-order valence-electron chi connectivity index (χ4n) is 1.55. The zero-order valence-corrected chi connectivity index (χ0v) is 11.7. The minimum Gasteiger partial charge on any atom is -0.370 e. The molecule has 1 amide bonds. The maximum Gasteiger partial charge on any atom is 0.255 e. The van der Waals surface area contributed by atoms with Crippen molar-refractivity contribution in [3.8, 4) is 6.07 Å². The van der Waals surface area contributed by atoms with Crippen LogP contribution in [0.15, 0.2) is 18.3 Å². The van der Waals surface area contributed by atoms with E-state index in [1.807, 2.05) is 6.92 Å². The lowest BCUT2D eigenvalue weighted by Crippen LogP contribution is -2.34. The predicted molar refractivity (Wildman–Crippen MR) is 74.8 cm³/mol. The van der Waals surface area contributed by atoms with Crippen molar-refractivity contribution in [2.75, 3.05) is 18.9 Å². The topological polar surface area (TPSA) is 69.0 Å². The van der Waals surface area contributed by atoms with Gasteiger partial charge in [0, 0.05) is 25.8 Å². The predicted octanol–water partition coefficient (Wildman–Crippen LogP) is 2.28. The summed E-state index contributed by atoms with van der Waals surface area (Å²) in [5, 5.41) is 11.8. The van der Waals surface area contributed by atoms with Crippen LogP contribution >= 0.6 is 0 Å². The number of hydrogen-bond donors (Lipinski definition) is 1. The molecule has 5 heteroatoms. The number of pyridine rings is 1. The van der Waals surface area contributed by atoms with Crippen LogP contribution in [0.3, 0.4) is 0 Å². The minimum atomic E-state index is -0.114. The first-order chi connectivity index (χ1) is 9.10. The third kappa shape index (κ3) is 4.25. The van der Waals surface area contributed by atoms with Gasteiger partial charge in [0.15, 0.2) is 0 Å². The Labute approximate surface area is 114 Å². The molecule has 0 saturated heterocycles. The Hall–Kier alpha value is -2.09. The average Bonchev–Trinajstić information content (AvgIpc) is 2.44. The zero-order valence-electron chi connectivity index (χ0n) is 11.7. The quantitative estimate of drug-likeness (QED) is 0.852. The molecule has 0 aliphatic carbocycles. The van der Waals surface area contributed by atoms with Crippen molar-refractivity contribution in [3.05, 3.63) is 23.9 Å². The largest absolute Gasteiger partial charge is 0.370 e. The van der Waals surface area contributed by atoms with Gasteiger partial charge in [0.05, 0.1) is 18.1 Å². The van der Waals surface area contributed by atoms with E-state index in [4.69, 9.17) is 5.26 Å². The number of nitriles is 1. The van der Waals surface area contributed by atoms with Crippen LogP contribution in [-0.2, 0) is 0 Å². The van der Waals surface area contributed by atoms with Crippen LogP contribution in [0.5, 0.6) is 0 Å². The number of amides is 1. The fraction of sp³-hybridized carbons (Fsp3) is 0.500. The SMILES string of the molecule is CCCNc1ccc(C(=O)N(C)C(C)CC#N)cn1. The number of carbonyl (C=O) groups is 1. The van der Waals surface area contributed by atoms with E-state index in [1.165, 1.54) is 0 Å². The van der Waals surface area contributed by atoms with E-state index in [0.29, 0.717) is 12.0 Å². The summed E-state index contributed by atoms with van der Waals surface area (Å²) in [5.41, 5.74) is 0.536. The Kier molecular flexibility index (Phi) is 5.80. The Morgan fingerprint density at radius 2 is 2.32 bits per heavy atom. The molecule has 0 fully saturated rings. The molecule has 1 rings (SSSR count). The molecule has 1 N–H and O–H groups in total. The molecule has 19 heavy (non-hydrogen) atoms. The summed E-state index contributed by atoms with van der Waals surface area (Å²) in [4.78, 5) is 17.9. The van der Waals surface area contributed by atoms with Gasteiger partial charge < -0.3 is 10.2 Å². The number of aromatic nitrogens is 1. The highest BCUT2D eigenvalue weighted by Gasteiger charge is 2.17. The first-order valence-electron chi connectivity index (χ1n) is 6.44. The molecule has 0 bridgehead atoms. The van der Waals surface area contributed by atoms with Gasteiger partial charge in [-0.25, -0.2) is 4.98 Å². The summed E-state index contributed by atoms with van der Waals surface area (Å²) >= 11 is 0. The second-order valence-electron chi connectivity index (χ2n) is 4.49. The first kappa shape index (κ1) is 15.0. The van der Waals surface area contributed by atoms with E-state index >= 15 is 0 Å². The lowest BCUT2D eigenvalue weighted by Gasteiger charge is -2.22. The first-order valence-corrected chi connectivity index (χ1v) is 6.44. The van der Waals surface area contributed by atoms with Crippen LogP contribution in [0.2, 0.25) is 0 Å². The van der Waals surface area contributed by atoms with Gasteiger partial charge in [0.2, 0.25) is 0 Å². The third-order valence-electron chi connectivity index (χ3n) is 2.93. The molecule has 1 aromatic heterocycles. The molecule has 0 aliphatic rings. The molecule has 102 valence electrons. The number of nitrogens with zero attached hydrogens (tertiary/aromatic N) is 3. The van der Waals surface area contributed by atoms with Crippen molar-refractivity contribution in [1.29, 1.82) is 5.26 Å². The Balaban J connectivity index is 2.70. The smallest absolute Gasteiger partial charge is 0.255 e. The van der Waals surface area contributed by atoms with E-state index in [0.717, 1.165) is 18.8 Å². The van der Waals surface area contributed by atoms with Crippen molar-refractivity contribution < 1.29 is 4.79 Å². The van der Waals surface area contributed by atoms with Crippen LogP contribution in [0.4, 0.5) is 5.82 Å². The molecule has 0 spiro atoms. The standard InChI is InChI=1S/C14H20N4O/c1-4-9-16-13-6-5-12(10-17-13)14(19)18(3)11(2)7-8-15/h5-6,10-11H,4,7,9H2,1-3H3,(H,16,17). The lowest BCUT2D eigenvalue weighted by atomic mass is 10.2. The highest BCUT2D eigenvalue weighted by molar-refractivity contribution is 5.94. The van der Waals surface area contributed by atoms with Gasteiger partial charge in [0.1, 0.15) is 5.82 Å². The van der Waals surface area contributed by atoms with Gasteiger partial charge in [-0.1, -0.05) is 6.92 Å². The second kappa shape index (κ2) is 7.37. The third-order valence-corrected chi connectivity index (χ3v) is 2.93. The Bertz CT molecular complexity index is 450. The van der Waals surface area contributed by atoms with Crippen LogP contribution in [-0.4, -0.2) is 35.4 Å². The average molecular weight is 260 g/mol. The Morgan fingerprint density at radius 1 is 1.58 bits per heavy atom. The maximum absolute atomic E-state index is 12.1. The van der Waals surface area contributed by atoms with Crippen molar-refractivity contribution in [2.24, 2.45) is 0 Å². The summed E-state index contributed by atoms with van der Waals surface area (Å²) in [6.45, 7) is 4.79. The van der Waals surface area contributed by atoms with E-state index in [2.05, 4.69) is 23.3 Å². The zero-order chi connectivity index (χ0) is 14.3. The van der Waals surface area contributed by atoms with Crippen molar-refractivity contribution in [3.63, 3.8) is 0 Å². The lowest BCUT2D eigenvalue weighted by molar-refractivity contribution is 0.0746. The number of nitrogens with one attached hydrogen (secondary N) is 1. The van der Waals surface area contributed by atoms with E-state index in [-0.39, 0.29) is 11.9 Å². The summed E-state index contributed by atoms with van der Waals surface area (Å²) in [7, 11) is 1.70. The monoisotopic (exact) mass is 260 g/mol. The summed E-state index contributed by atoms with van der Waals surface area (Å²) in [6.07, 6.45) is 2.92. The van der Waals surface area contributed by atoms with Crippen LogP contribution in [0.1, 0.15) is 37.0 Å². The summed E-state index contributed by atoms with van der Waals surface area (Å²) in [6, 6.07) is 5.52. The fourth-order valence-corrected chi connectivity index (χ4v) is 1.55. The molecule has 1 heterocycles. The van der Waals surface area contributed by atoms with Crippen LogP contribution in [0.25, 0.3) is 0 Å². The van der Waals surface area contributed by atoms with Crippen molar-refractivity contribution in [1.82, 2.24) is 9.88 Å². The molecule has 1 aromatic rings. The minimum absolute atomic E-state index is 0.101. The molecule has 0 aliphatic heterocycles. The van der Waals surface area contributed by atoms with Gasteiger partial charge in [-0.2, -0.15) is 5.26 Å². The second-order valence-corrected chi connectivity index (χ2v) is 4.49. The highest BCUT2D eigenvalue weighted by Crippen LogP contribution is 2.10. The molecule has 0 saturated carbocycles. The molecule has 1 atom stereocenters. The van der Waals surface area contributed by atoms with Gasteiger partial charge in [0.25, 0.3) is 5.91 Å². The molecule has 0 aromatic carbocycles. The van der Waals surface area contributed by atoms with E-state index in [9.17, 15) is 4.79 Å². The molecule has 1 unspecified atom stereocenters. The summed E-state index contributed by atoms with van der Waals surface area (Å²) in [5.74, 6) is 0.656. The van der Waals surface area contributed by atoms with Crippen molar-refractivity contribution >= 4 is 11.7 Å². The van der Waals surface area contributed by atoms with E-state index < -0.39 is 0 Å². The Morgan fingerprint density at radius 3 is 2.84 bits per heavy atom. The van der Waals surface area contributed by atoms with Crippen LogP contribution < -0.4 is 5.32 Å². The highest BCUT2D eigenvalue weighted by atomic mass is 16.2. The van der Waals surface area contributed by atoms with Gasteiger partial charge >= 0.3 is 0 Å². The molecular weight excluding hydrogens is 240 g/mol. The molecular formula is C14H20N4O. The van der Waals surface area contributed by atoms with Gasteiger partial charge in [-0.15, -0.1) is 0 Å². The van der Waals surface area contributed by atoms with Crippen molar-refractivity contribution in [2.45, 2.75) is 32.7 Å². The van der Waals surface area contributed by atoms with E-state index in [1.54, 1.807) is 30.3 Å². The number of hydrogen-bond acceptors (Lipinski definition) is 4. The van der Waals surface area contributed by atoms with Gasteiger partial charge in [-0.05, 0) is 25.5 Å². The number of carbonyl (C=O) groups excluding carboxylic acids is 1. The molecule has 5 nitrogen and oxygen atoms in total. The number of anilines is 1. The normalized spacial score (nSPS) is 11.5. The number of rotatable bonds is 6. The maximum atomic E-state index is 12.1. The van der Waals surface area contributed by atoms with Gasteiger partial charge in [-0.3, -0.25) is 4.79 Å². The molecule has 0 radical (unpaired) electrons.